The van der Waals surface area contributed by atoms with Crippen LogP contribution in [0.2, 0.25) is 0 Å². The average Bonchev–Trinajstić information content (AvgIpc) is 3.43. The van der Waals surface area contributed by atoms with Gasteiger partial charge in [-0.1, -0.05) is 42.5 Å². The first kappa shape index (κ1) is 29.6. The second kappa shape index (κ2) is 13.3. The molecule has 4 rings (SSSR count). The van der Waals surface area contributed by atoms with Crippen LogP contribution in [0.4, 0.5) is 4.39 Å². The van der Waals surface area contributed by atoms with Crippen molar-refractivity contribution >= 4 is 22.8 Å². The Kier molecular flexibility index (Phi) is 9.81. The Morgan fingerprint density at radius 2 is 1.82 bits per heavy atom. The second-order valence-corrected chi connectivity index (χ2v) is 11.3. The van der Waals surface area contributed by atoms with Crippen molar-refractivity contribution in [3.8, 4) is 0 Å². The molecule has 3 aromatic rings. The first-order valence-electron chi connectivity index (χ1n) is 14.0. The highest BCUT2D eigenvalue weighted by Gasteiger charge is 2.36. The summed E-state index contributed by atoms with van der Waals surface area (Å²) in [4.78, 5) is 37.3. The standard InChI is InChI=1S/C31H39FN4O4/c1-31(2,32)15-14-22(30(40)36-16-8-11-23(36)20-37)18-28(38)26(17-21-9-4-3-5-10-21)35-29(39)27-19-33-24-12-6-7-13-25(24)34-27/h3-7,9-10,12-13,19,22-23,26,28,37-38H,8,11,14-18,20H2,1-2H3,(H,35,39)/t22-,23+,26+,28+/m1/s1. The van der Waals surface area contributed by atoms with Crippen LogP contribution < -0.4 is 5.32 Å². The van der Waals surface area contributed by atoms with Crippen LogP contribution in [0.1, 0.15) is 62.0 Å². The average molecular weight is 551 g/mol. The van der Waals surface area contributed by atoms with Crippen LogP contribution >= 0.6 is 0 Å². The molecule has 0 spiro atoms. The number of aliphatic hydroxyl groups excluding tert-OH is 2. The molecule has 1 fully saturated rings. The lowest BCUT2D eigenvalue weighted by atomic mass is 9.87. The first-order valence-corrected chi connectivity index (χ1v) is 14.0. The Morgan fingerprint density at radius 1 is 1.12 bits per heavy atom. The molecule has 4 atom stereocenters. The maximum atomic E-state index is 14.5. The highest BCUT2D eigenvalue weighted by Crippen LogP contribution is 2.28. The minimum absolute atomic E-state index is 0.0464. The van der Waals surface area contributed by atoms with Crippen LogP contribution in [-0.2, 0) is 11.2 Å². The third-order valence-corrected chi connectivity index (χ3v) is 7.59. The van der Waals surface area contributed by atoms with E-state index in [1.807, 2.05) is 48.5 Å². The fraction of sp³-hybridized carbons (Fsp3) is 0.484. The van der Waals surface area contributed by atoms with E-state index in [9.17, 15) is 24.2 Å². The molecule has 8 nitrogen and oxygen atoms in total. The number of nitrogens with zero attached hydrogens (tertiary/aromatic N) is 3. The van der Waals surface area contributed by atoms with E-state index in [0.717, 1.165) is 12.0 Å². The van der Waals surface area contributed by atoms with Gasteiger partial charge in [-0.3, -0.25) is 14.6 Å². The minimum Gasteiger partial charge on any atom is -0.394 e. The molecule has 2 amide bonds. The van der Waals surface area contributed by atoms with Crippen LogP contribution in [0.15, 0.2) is 60.8 Å². The lowest BCUT2D eigenvalue weighted by molar-refractivity contribution is -0.138. The van der Waals surface area contributed by atoms with Gasteiger partial charge in [-0.2, -0.15) is 0 Å². The molecular formula is C31H39FN4O4. The van der Waals surface area contributed by atoms with Gasteiger partial charge in [0.2, 0.25) is 5.91 Å². The Balaban J connectivity index is 1.56. The highest BCUT2D eigenvalue weighted by molar-refractivity contribution is 5.94. The zero-order valence-corrected chi connectivity index (χ0v) is 23.2. The van der Waals surface area contributed by atoms with Gasteiger partial charge in [-0.15, -0.1) is 0 Å². The molecule has 214 valence electrons. The number of likely N-dealkylation sites (tertiary alicyclic amines) is 1. The van der Waals surface area contributed by atoms with Gasteiger partial charge >= 0.3 is 0 Å². The summed E-state index contributed by atoms with van der Waals surface area (Å²) in [5.74, 6) is -1.33. The summed E-state index contributed by atoms with van der Waals surface area (Å²) in [7, 11) is 0. The molecule has 2 heterocycles. The van der Waals surface area contributed by atoms with E-state index in [1.54, 1.807) is 11.0 Å². The van der Waals surface area contributed by atoms with Crippen molar-refractivity contribution in [3.05, 3.63) is 72.1 Å². The van der Waals surface area contributed by atoms with Gasteiger partial charge in [0.1, 0.15) is 11.4 Å². The molecule has 0 saturated carbocycles. The Hall–Kier alpha value is -3.43. The molecule has 1 aliphatic rings. The normalized spacial score (nSPS) is 17.9. The molecular weight excluding hydrogens is 511 g/mol. The van der Waals surface area contributed by atoms with E-state index < -0.39 is 29.6 Å². The van der Waals surface area contributed by atoms with Crippen molar-refractivity contribution < 1.29 is 24.2 Å². The predicted octanol–water partition coefficient (Wildman–Crippen LogP) is 3.85. The van der Waals surface area contributed by atoms with E-state index >= 15 is 0 Å². The van der Waals surface area contributed by atoms with Crippen LogP contribution in [0.25, 0.3) is 11.0 Å². The topological polar surface area (TPSA) is 116 Å². The van der Waals surface area contributed by atoms with Gasteiger partial charge in [-0.25, -0.2) is 9.37 Å². The molecule has 1 saturated heterocycles. The maximum Gasteiger partial charge on any atom is 0.271 e. The van der Waals surface area contributed by atoms with Crippen molar-refractivity contribution in [2.75, 3.05) is 13.2 Å². The fourth-order valence-corrected chi connectivity index (χ4v) is 5.33. The number of rotatable bonds is 12. The Labute approximate surface area is 234 Å². The minimum atomic E-state index is -1.47. The number of hydrogen-bond donors (Lipinski definition) is 3. The number of benzene rings is 2. The number of para-hydroxylation sites is 2. The van der Waals surface area contributed by atoms with Gasteiger partial charge in [0, 0.05) is 12.5 Å². The molecule has 1 aliphatic heterocycles. The zero-order chi connectivity index (χ0) is 28.7. The summed E-state index contributed by atoms with van der Waals surface area (Å²) in [6.07, 6.45) is 2.59. The van der Waals surface area contributed by atoms with E-state index in [0.29, 0.717) is 30.4 Å². The van der Waals surface area contributed by atoms with Crippen LogP contribution in [0, 0.1) is 5.92 Å². The maximum absolute atomic E-state index is 14.5. The van der Waals surface area contributed by atoms with Gasteiger partial charge in [0.05, 0.1) is 42.0 Å². The number of halogens is 1. The summed E-state index contributed by atoms with van der Waals surface area (Å²) >= 11 is 0. The number of nitrogens with one attached hydrogen (secondary N) is 1. The van der Waals surface area contributed by atoms with E-state index in [2.05, 4.69) is 15.3 Å². The fourth-order valence-electron chi connectivity index (χ4n) is 5.33. The number of alkyl halides is 1. The second-order valence-electron chi connectivity index (χ2n) is 11.3. The number of aliphatic hydroxyl groups is 2. The Bertz CT molecular complexity index is 1280. The SMILES string of the molecule is CC(C)(F)CC[C@H](C[C@H](O)[C@H](Cc1ccccc1)NC(=O)c1cnc2ccccc2n1)C(=O)N1CCC[C@H]1CO. The molecule has 0 aliphatic carbocycles. The Morgan fingerprint density at radius 3 is 2.52 bits per heavy atom. The summed E-state index contributed by atoms with van der Waals surface area (Å²) in [6.45, 7) is 3.34. The summed E-state index contributed by atoms with van der Waals surface area (Å²) in [5.41, 5.74) is 0.804. The summed E-state index contributed by atoms with van der Waals surface area (Å²) < 4.78 is 14.5. The zero-order valence-electron chi connectivity index (χ0n) is 23.2. The van der Waals surface area contributed by atoms with Gasteiger partial charge in [0.25, 0.3) is 5.91 Å². The lowest BCUT2D eigenvalue weighted by Crippen LogP contribution is -2.48. The van der Waals surface area contributed by atoms with Crippen molar-refractivity contribution in [1.82, 2.24) is 20.2 Å². The van der Waals surface area contributed by atoms with Crippen molar-refractivity contribution in [1.29, 1.82) is 0 Å². The molecule has 0 bridgehead atoms. The van der Waals surface area contributed by atoms with E-state index in [1.165, 1.54) is 20.0 Å². The molecule has 1 aromatic heterocycles. The predicted molar refractivity (Wildman–Crippen MR) is 151 cm³/mol. The number of aromatic nitrogens is 2. The number of hydrogen-bond acceptors (Lipinski definition) is 6. The molecule has 0 unspecified atom stereocenters. The third kappa shape index (κ3) is 7.82. The summed E-state index contributed by atoms with van der Waals surface area (Å²) in [6, 6.07) is 15.7. The molecule has 3 N–H and O–H groups in total. The number of carbonyl (C=O) groups is 2. The molecule has 0 radical (unpaired) electrons. The largest absolute Gasteiger partial charge is 0.394 e. The number of amides is 2. The van der Waals surface area contributed by atoms with Crippen molar-refractivity contribution in [2.24, 2.45) is 5.92 Å². The quantitative estimate of drug-likeness (QED) is 0.316. The number of fused-ring (bicyclic) bond motifs is 1. The first-order chi connectivity index (χ1) is 19.1. The molecule has 9 heteroatoms. The smallest absolute Gasteiger partial charge is 0.271 e. The van der Waals surface area contributed by atoms with Crippen molar-refractivity contribution in [2.45, 2.75) is 76.2 Å². The van der Waals surface area contributed by atoms with Gasteiger partial charge in [0.15, 0.2) is 0 Å². The van der Waals surface area contributed by atoms with Crippen LogP contribution in [0.3, 0.4) is 0 Å². The third-order valence-electron chi connectivity index (χ3n) is 7.59. The highest BCUT2D eigenvalue weighted by atomic mass is 19.1. The van der Waals surface area contributed by atoms with E-state index in [4.69, 9.17) is 0 Å². The van der Waals surface area contributed by atoms with Gasteiger partial charge in [-0.05, 0) is 70.1 Å². The van der Waals surface area contributed by atoms with Gasteiger partial charge < -0.3 is 20.4 Å². The molecule has 40 heavy (non-hydrogen) atoms. The lowest BCUT2D eigenvalue weighted by Gasteiger charge is -2.32. The van der Waals surface area contributed by atoms with Crippen LogP contribution in [0.5, 0.6) is 0 Å². The summed E-state index contributed by atoms with van der Waals surface area (Å²) in [5, 5.41) is 24.2. The molecule has 2 aromatic carbocycles. The number of carbonyl (C=O) groups excluding carboxylic acids is 2. The monoisotopic (exact) mass is 550 g/mol. The van der Waals surface area contributed by atoms with Crippen molar-refractivity contribution in [3.63, 3.8) is 0 Å². The van der Waals surface area contributed by atoms with Crippen LogP contribution in [-0.4, -0.2) is 73.9 Å². The van der Waals surface area contributed by atoms with E-state index in [-0.39, 0.29) is 43.5 Å².